The van der Waals surface area contributed by atoms with E-state index in [1.807, 2.05) is 6.92 Å². The van der Waals surface area contributed by atoms with E-state index in [4.69, 9.17) is 10.5 Å². The third-order valence-electron chi connectivity index (χ3n) is 3.33. The van der Waals surface area contributed by atoms with Crippen molar-refractivity contribution >= 4 is 33.4 Å². The Bertz CT molecular complexity index is 830. The Morgan fingerprint density at radius 2 is 2.15 bits per heavy atom. The molecular formula is C18H26N4O4S. The van der Waals surface area contributed by atoms with Crippen LogP contribution in [0.5, 0.6) is 0 Å². The maximum atomic E-state index is 12.5. The van der Waals surface area contributed by atoms with Gasteiger partial charge in [-0.1, -0.05) is 6.92 Å². The highest BCUT2D eigenvalue weighted by molar-refractivity contribution is 7.95. The quantitative estimate of drug-likeness (QED) is 0.354. The van der Waals surface area contributed by atoms with Gasteiger partial charge in [0.1, 0.15) is 5.82 Å². The van der Waals surface area contributed by atoms with Gasteiger partial charge in [-0.05, 0) is 30.2 Å². The van der Waals surface area contributed by atoms with Crippen molar-refractivity contribution < 1.29 is 17.9 Å². The van der Waals surface area contributed by atoms with E-state index >= 15 is 0 Å². The molecule has 1 aromatic heterocycles. The summed E-state index contributed by atoms with van der Waals surface area (Å²) in [6.07, 6.45) is 6.33. The summed E-state index contributed by atoms with van der Waals surface area (Å²) in [7, 11) is -2.04. The van der Waals surface area contributed by atoms with Crippen LogP contribution in [0.15, 0.2) is 40.5 Å². The molecule has 8 nitrogen and oxygen atoms in total. The molecule has 3 N–H and O–H groups in total. The van der Waals surface area contributed by atoms with Gasteiger partial charge in [0, 0.05) is 44.8 Å². The standard InChI is InChI=1S/C18H26N4O4S/c1-4-7-26-8-9-27(24,25)17(12-19)10-16(13-20-3)15-5-6-21-18(11-15)22-14(2)23/h5-6,10-13H,4,7-9,19H2,1-3H3,(H,21,22,23)/b16-10+,17-12-,20-13?. The second-order valence-electron chi connectivity index (χ2n) is 5.60. The molecule has 0 saturated carbocycles. The van der Waals surface area contributed by atoms with E-state index < -0.39 is 9.84 Å². The van der Waals surface area contributed by atoms with Crippen LogP contribution < -0.4 is 11.1 Å². The number of nitrogens with one attached hydrogen (secondary N) is 1. The summed E-state index contributed by atoms with van der Waals surface area (Å²) in [5.74, 6) is -0.0765. The number of hydrogen-bond donors (Lipinski definition) is 2. The molecule has 0 fully saturated rings. The molecule has 1 rings (SSSR count). The summed E-state index contributed by atoms with van der Waals surface area (Å²) in [5.41, 5.74) is 6.72. The Balaban J connectivity index is 3.17. The first kappa shape index (κ1) is 22.5. The lowest BCUT2D eigenvalue weighted by Gasteiger charge is -2.09. The molecule has 0 unspecified atom stereocenters. The zero-order valence-corrected chi connectivity index (χ0v) is 16.6. The number of sulfone groups is 1. The Labute approximate surface area is 160 Å². The number of nitrogens with two attached hydrogens (primary N) is 1. The van der Waals surface area contributed by atoms with Crippen molar-refractivity contribution in [3.63, 3.8) is 0 Å². The number of allylic oxidation sites excluding steroid dienone is 2. The summed E-state index contributed by atoms with van der Waals surface area (Å²) in [6.45, 7) is 3.92. The van der Waals surface area contributed by atoms with Crippen molar-refractivity contribution in [3.8, 4) is 0 Å². The van der Waals surface area contributed by atoms with Crippen LogP contribution >= 0.6 is 0 Å². The van der Waals surface area contributed by atoms with Gasteiger partial charge >= 0.3 is 0 Å². The highest BCUT2D eigenvalue weighted by atomic mass is 32.2. The number of aliphatic imine (C=N–C) groups is 1. The lowest BCUT2D eigenvalue weighted by atomic mass is 10.1. The molecule has 1 heterocycles. The summed E-state index contributed by atoms with van der Waals surface area (Å²) in [5, 5.41) is 2.58. The predicted molar refractivity (Wildman–Crippen MR) is 108 cm³/mol. The van der Waals surface area contributed by atoms with E-state index in [1.165, 1.54) is 25.4 Å². The number of nitrogens with zero attached hydrogens (tertiary/aromatic N) is 2. The molecule has 148 valence electrons. The van der Waals surface area contributed by atoms with Crippen LogP contribution in [0.25, 0.3) is 5.57 Å². The van der Waals surface area contributed by atoms with E-state index in [0.717, 1.165) is 12.6 Å². The van der Waals surface area contributed by atoms with Gasteiger partial charge in [0.25, 0.3) is 0 Å². The van der Waals surface area contributed by atoms with Gasteiger partial charge in [0.2, 0.25) is 5.91 Å². The Morgan fingerprint density at radius 1 is 1.41 bits per heavy atom. The fraction of sp³-hybridized carbons (Fsp3) is 0.389. The zero-order valence-electron chi connectivity index (χ0n) is 15.8. The first-order valence-corrected chi connectivity index (χ1v) is 10.1. The number of carbonyl (C=O) groups excluding carboxylic acids is 1. The van der Waals surface area contributed by atoms with Crippen LogP contribution in [0.1, 0.15) is 25.8 Å². The Hall–Kier alpha value is -2.52. The topological polar surface area (TPSA) is 124 Å². The number of amides is 1. The fourth-order valence-corrected chi connectivity index (χ4v) is 3.21. The number of carbonyl (C=O) groups is 1. The van der Waals surface area contributed by atoms with Gasteiger partial charge in [-0.25, -0.2) is 13.4 Å². The van der Waals surface area contributed by atoms with Gasteiger partial charge in [-0.3, -0.25) is 9.79 Å². The van der Waals surface area contributed by atoms with Gasteiger partial charge < -0.3 is 15.8 Å². The minimum Gasteiger partial charge on any atom is -0.404 e. The molecular weight excluding hydrogens is 368 g/mol. The molecule has 9 heteroatoms. The second kappa shape index (κ2) is 11.2. The maximum Gasteiger partial charge on any atom is 0.222 e. The molecule has 27 heavy (non-hydrogen) atoms. The second-order valence-corrected chi connectivity index (χ2v) is 7.71. The summed E-state index contributed by atoms with van der Waals surface area (Å²) in [4.78, 5) is 19.2. The fourth-order valence-electron chi connectivity index (χ4n) is 2.12. The highest BCUT2D eigenvalue weighted by Crippen LogP contribution is 2.20. The zero-order chi connectivity index (χ0) is 20.3. The normalized spacial score (nSPS) is 13.1. The van der Waals surface area contributed by atoms with Crippen molar-refractivity contribution in [1.29, 1.82) is 0 Å². The molecule has 0 spiro atoms. The van der Waals surface area contributed by atoms with Crippen LogP contribution in [-0.4, -0.2) is 51.5 Å². The lowest BCUT2D eigenvalue weighted by Crippen LogP contribution is -2.15. The molecule has 0 aliphatic rings. The minimum absolute atomic E-state index is 0.0320. The molecule has 0 aliphatic carbocycles. The van der Waals surface area contributed by atoms with Crippen molar-refractivity contribution in [3.05, 3.63) is 41.1 Å². The number of anilines is 1. The van der Waals surface area contributed by atoms with Gasteiger partial charge in [-0.2, -0.15) is 0 Å². The average Bonchev–Trinajstić information content (AvgIpc) is 2.61. The third kappa shape index (κ3) is 7.71. The van der Waals surface area contributed by atoms with E-state index in [-0.39, 0.29) is 23.2 Å². The molecule has 1 amide bonds. The van der Waals surface area contributed by atoms with Crippen LogP contribution in [0.4, 0.5) is 5.82 Å². The average molecular weight is 394 g/mol. The number of hydrogen-bond acceptors (Lipinski definition) is 7. The summed E-state index contributed by atoms with van der Waals surface area (Å²) >= 11 is 0. The van der Waals surface area contributed by atoms with E-state index in [9.17, 15) is 13.2 Å². The van der Waals surface area contributed by atoms with Gasteiger partial charge in [0.05, 0.1) is 17.3 Å². The molecule has 0 saturated heterocycles. The van der Waals surface area contributed by atoms with Crippen molar-refractivity contribution in [2.45, 2.75) is 20.3 Å². The van der Waals surface area contributed by atoms with Gasteiger partial charge in [-0.15, -0.1) is 0 Å². The van der Waals surface area contributed by atoms with Crippen LogP contribution in [0.2, 0.25) is 0 Å². The van der Waals surface area contributed by atoms with E-state index in [0.29, 0.717) is 23.6 Å². The Morgan fingerprint density at radius 3 is 2.74 bits per heavy atom. The van der Waals surface area contributed by atoms with Crippen molar-refractivity contribution in [2.24, 2.45) is 10.7 Å². The number of rotatable bonds is 10. The third-order valence-corrected chi connectivity index (χ3v) is 5.01. The smallest absolute Gasteiger partial charge is 0.222 e. The largest absolute Gasteiger partial charge is 0.404 e. The summed E-state index contributed by atoms with van der Waals surface area (Å²) in [6, 6.07) is 3.31. The van der Waals surface area contributed by atoms with Crippen LogP contribution in [0.3, 0.4) is 0 Å². The van der Waals surface area contributed by atoms with E-state index in [2.05, 4.69) is 15.3 Å². The van der Waals surface area contributed by atoms with Crippen molar-refractivity contribution in [1.82, 2.24) is 4.98 Å². The molecule has 0 aliphatic heterocycles. The first-order chi connectivity index (χ1) is 12.8. The predicted octanol–water partition coefficient (Wildman–Crippen LogP) is 1.77. The molecule has 0 atom stereocenters. The molecule has 0 radical (unpaired) electrons. The molecule has 0 bridgehead atoms. The van der Waals surface area contributed by atoms with Crippen LogP contribution in [0, 0.1) is 0 Å². The number of aromatic nitrogens is 1. The molecule has 0 aromatic carbocycles. The van der Waals surface area contributed by atoms with Gasteiger partial charge in [0.15, 0.2) is 9.84 Å². The first-order valence-electron chi connectivity index (χ1n) is 8.44. The number of pyridine rings is 1. The maximum absolute atomic E-state index is 12.5. The van der Waals surface area contributed by atoms with Crippen LogP contribution in [-0.2, 0) is 19.4 Å². The van der Waals surface area contributed by atoms with Crippen molar-refractivity contribution in [2.75, 3.05) is 31.3 Å². The Kier molecular flexibility index (Phi) is 9.38. The SMILES string of the molecule is CCCOCCS(=O)(=O)C(/C=C(\C=NC)c1ccnc(NC(C)=O)c1)=C\N. The lowest BCUT2D eigenvalue weighted by molar-refractivity contribution is -0.114. The summed E-state index contributed by atoms with van der Waals surface area (Å²) < 4.78 is 30.3. The highest BCUT2D eigenvalue weighted by Gasteiger charge is 2.17. The van der Waals surface area contributed by atoms with E-state index in [1.54, 1.807) is 19.2 Å². The number of ether oxygens (including phenoxy) is 1. The molecule has 1 aromatic rings. The monoisotopic (exact) mass is 394 g/mol. The minimum atomic E-state index is -3.62.